The van der Waals surface area contributed by atoms with Crippen LogP contribution in [-0.4, -0.2) is 95.9 Å². The summed E-state index contributed by atoms with van der Waals surface area (Å²) in [6, 6.07) is 17.8. The van der Waals surface area contributed by atoms with Gasteiger partial charge in [-0.2, -0.15) is 0 Å². The number of nitrogens with one attached hydrogen (secondary N) is 4. The van der Waals surface area contributed by atoms with Crippen molar-refractivity contribution in [3.05, 3.63) is 89.0 Å². The fourth-order valence-electron chi connectivity index (χ4n) is 7.61. The molecule has 0 spiro atoms. The van der Waals surface area contributed by atoms with Crippen LogP contribution in [0.1, 0.15) is 102 Å². The van der Waals surface area contributed by atoms with E-state index in [1.165, 1.54) is 18.2 Å². The van der Waals surface area contributed by atoms with Crippen molar-refractivity contribution in [2.24, 2.45) is 0 Å². The van der Waals surface area contributed by atoms with Gasteiger partial charge in [-0.25, -0.2) is 9.59 Å². The van der Waals surface area contributed by atoms with Crippen molar-refractivity contribution >= 4 is 47.5 Å². The summed E-state index contributed by atoms with van der Waals surface area (Å²) in [4.78, 5) is 100. The zero-order valence-electron chi connectivity index (χ0n) is 32.5. The molecule has 2 aliphatic heterocycles. The summed E-state index contributed by atoms with van der Waals surface area (Å²) >= 11 is 0. The molecule has 59 heavy (non-hydrogen) atoms. The highest BCUT2D eigenvalue weighted by Gasteiger charge is 2.46. The molecule has 310 valence electrons. The molecule has 3 aromatic rings. The van der Waals surface area contributed by atoms with Gasteiger partial charge in [-0.3, -0.25) is 39.0 Å². The number of piperidine rings is 1. The van der Waals surface area contributed by atoms with Crippen LogP contribution in [0.15, 0.2) is 66.7 Å². The molecule has 0 bridgehead atoms. The van der Waals surface area contributed by atoms with Gasteiger partial charge in [0.15, 0.2) is 6.61 Å². The molecule has 16 nitrogen and oxygen atoms in total. The number of aliphatic carboxylic acids is 1. The maximum atomic E-state index is 13.2. The maximum absolute atomic E-state index is 13.2. The van der Waals surface area contributed by atoms with Crippen LogP contribution >= 0.6 is 0 Å². The summed E-state index contributed by atoms with van der Waals surface area (Å²) in [5, 5.41) is 19.8. The minimum absolute atomic E-state index is 0.00337. The Morgan fingerprint density at radius 1 is 0.763 bits per heavy atom. The number of ether oxygens (including phenoxy) is 2. The molecule has 6 rings (SSSR count). The van der Waals surface area contributed by atoms with Gasteiger partial charge < -0.3 is 30.5 Å². The van der Waals surface area contributed by atoms with Gasteiger partial charge in [0.25, 0.3) is 17.7 Å². The quantitative estimate of drug-likeness (QED) is 0.0815. The Hall–Kier alpha value is -6.58. The number of unbranched alkanes of at least 4 members (excludes halogenated alkanes) is 5. The van der Waals surface area contributed by atoms with Crippen molar-refractivity contribution < 1.29 is 52.9 Å². The summed E-state index contributed by atoms with van der Waals surface area (Å²) in [5.74, 6) is -4.65. The van der Waals surface area contributed by atoms with Gasteiger partial charge in [0.2, 0.25) is 17.7 Å². The molecule has 3 aliphatic rings. The third kappa shape index (κ3) is 10.3. The number of hydrogen-bond donors (Lipinski definition) is 5. The van der Waals surface area contributed by atoms with Crippen LogP contribution in [0, 0.1) is 0 Å². The number of benzene rings is 3. The monoisotopic (exact) mass is 809 g/mol. The van der Waals surface area contributed by atoms with E-state index in [1.54, 1.807) is 0 Å². The number of fused-ring (bicyclic) bond motifs is 4. The number of carboxylic acids is 1. The van der Waals surface area contributed by atoms with E-state index in [2.05, 4.69) is 21.3 Å². The number of alkyl carbamates (subject to hydrolysis) is 1. The molecule has 16 heteroatoms. The van der Waals surface area contributed by atoms with Gasteiger partial charge in [-0.1, -0.05) is 80.3 Å². The van der Waals surface area contributed by atoms with Crippen LogP contribution in [0.5, 0.6) is 5.75 Å². The standard InChI is InChI=1S/C43H47N5O11/c49-35(20-18-32(42(55)56)46-43(57)59-24-31-28-14-7-5-12-26(28)27-13-6-8-15-29(27)31)44-22-9-3-1-2-4-10-23-45-37(51)25-58-34-17-11-16-30-38(34)41(54)48(40(30)53)33-19-21-36(50)47-39(33)52/h5-8,11-17,31-33H,1-4,9-10,18-25H2,(H,44,49)(H,45,51)(H,46,57)(H,55,56)(H,47,50,52)/t32-,33?/m0/s1. The minimum atomic E-state index is -1.28. The third-order valence-electron chi connectivity index (χ3n) is 10.6. The maximum Gasteiger partial charge on any atom is 0.407 e. The second kappa shape index (κ2) is 19.7. The van der Waals surface area contributed by atoms with Crippen LogP contribution in [-0.2, 0) is 28.7 Å². The van der Waals surface area contributed by atoms with Gasteiger partial charge >= 0.3 is 12.1 Å². The lowest BCUT2D eigenvalue weighted by atomic mass is 9.98. The Balaban J connectivity index is 0.795. The molecule has 1 unspecified atom stereocenters. The summed E-state index contributed by atoms with van der Waals surface area (Å²) in [7, 11) is 0. The van der Waals surface area contributed by atoms with Crippen LogP contribution < -0.4 is 26.0 Å². The SMILES string of the molecule is O=C(CC[C@H](NC(=O)OCC1c2ccccc2-c2ccccc21)C(=O)O)NCCCCCCCCNC(=O)COc1cccc2c1C(=O)N(C1CCC(=O)NC1=O)C2=O. The van der Waals surface area contributed by atoms with E-state index in [-0.39, 0.29) is 67.6 Å². The lowest BCUT2D eigenvalue weighted by molar-refractivity contribution is -0.140. The number of carbonyl (C=O) groups is 8. The van der Waals surface area contributed by atoms with Crippen LogP contribution in [0.4, 0.5) is 4.79 Å². The van der Waals surface area contributed by atoms with E-state index in [0.29, 0.717) is 13.1 Å². The van der Waals surface area contributed by atoms with Crippen molar-refractivity contribution in [2.45, 2.75) is 82.2 Å². The van der Waals surface area contributed by atoms with Crippen molar-refractivity contribution in [2.75, 3.05) is 26.3 Å². The smallest absolute Gasteiger partial charge is 0.407 e. The zero-order chi connectivity index (χ0) is 41.9. The molecule has 3 aromatic carbocycles. The average molecular weight is 810 g/mol. The highest BCUT2D eigenvalue weighted by molar-refractivity contribution is 6.24. The van der Waals surface area contributed by atoms with E-state index in [0.717, 1.165) is 65.7 Å². The van der Waals surface area contributed by atoms with Gasteiger partial charge in [0, 0.05) is 31.8 Å². The first-order valence-corrected chi connectivity index (χ1v) is 19.9. The van der Waals surface area contributed by atoms with Crippen molar-refractivity contribution in [3.8, 4) is 16.9 Å². The van der Waals surface area contributed by atoms with E-state index in [9.17, 15) is 43.5 Å². The Kier molecular flexibility index (Phi) is 14.0. The summed E-state index contributed by atoms with van der Waals surface area (Å²) in [5.41, 5.74) is 4.27. The van der Waals surface area contributed by atoms with Crippen molar-refractivity contribution in [3.63, 3.8) is 0 Å². The Morgan fingerprint density at radius 2 is 1.37 bits per heavy atom. The predicted octanol–water partition coefficient (Wildman–Crippen LogP) is 3.81. The van der Waals surface area contributed by atoms with E-state index in [4.69, 9.17) is 9.47 Å². The lowest BCUT2D eigenvalue weighted by Gasteiger charge is -2.27. The molecule has 2 atom stereocenters. The molecule has 1 aliphatic carbocycles. The highest BCUT2D eigenvalue weighted by Crippen LogP contribution is 2.44. The van der Waals surface area contributed by atoms with Gasteiger partial charge in [-0.05, 0) is 60.1 Å². The lowest BCUT2D eigenvalue weighted by Crippen LogP contribution is -2.54. The molecule has 2 heterocycles. The number of nitrogens with zero attached hydrogens (tertiary/aromatic N) is 1. The first-order chi connectivity index (χ1) is 28.5. The number of hydrogen-bond acceptors (Lipinski definition) is 10. The predicted molar refractivity (Wildman–Crippen MR) is 211 cm³/mol. The van der Waals surface area contributed by atoms with Crippen LogP contribution in [0.25, 0.3) is 11.1 Å². The van der Waals surface area contributed by atoms with Crippen molar-refractivity contribution in [1.29, 1.82) is 0 Å². The number of amides is 7. The number of imide groups is 2. The molecular formula is C43H47N5O11. The van der Waals surface area contributed by atoms with E-state index >= 15 is 0 Å². The molecule has 0 aromatic heterocycles. The highest BCUT2D eigenvalue weighted by atomic mass is 16.5. The molecule has 0 radical (unpaired) electrons. The molecule has 7 amide bonds. The second-order valence-corrected chi connectivity index (χ2v) is 14.6. The first kappa shape index (κ1) is 42.0. The first-order valence-electron chi connectivity index (χ1n) is 19.9. The van der Waals surface area contributed by atoms with Crippen molar-refractivity contribution in [1.82, 2.24) is 26.2 Å². The van der Waals surface area contributed by atoms with E-state index < -0.39 is 53.7 Å². The molecule has 1 fully saturated rings. The molecule has 5 N–H and O–H groups in total. The number of carbonyl (C=O) groups excluding carboxylic acids is 7. The van der Waals surface area contributed by atoms with Gasteiger partial charge in [0.05, 0.1) is 11.1 Å². The normalized spacial score (nSPS) is 16.1. The second-order valence-electron chi connectivity index (χ2n) is 14.6. The topological polar surface area (TPSA) is 227 Å². The summed E-state index contributed by atoms with van der Waals surface area (Å²) in [6.45, 7) is 0.517. The minimum Gasteiger partial charge on any atom is -0.483 e. The Labute approximate surface area is 340 Å². The number of carboxylic acid groups (broad SMARTS) is 1. The third-order valence-corrected chi connectivity index (χ3v) is 10.6. The van der Waals surface area contributed by atoms with Crippen LogP contribution in [0.3, 0.4) is 0 Å². The molecule has 1 saturated heterocycles. The zero-order valence-corrected chi connectivity index (χ0v) is 32.5. The Morgan fingerprint density at radius 3 is 2.02 bits per heavy atom. The average Bonchev–Trinajstić information content (AvgIpc) is 3.68. The van der Waals surface area contributed by atoms with Crippen LogP contribution in [0.2, 0.25) is 0 Å². The largest absolute Gasteiger partial charge is 0.483 e. The fraction of sp³-hybridized carbons (Fsp3) is 0.395. The molecule has 0 saturated carbocycles. The molecular weight excluding hydrogens is 762 g/mol. The summed E-state index contributed by atoms with van der Waals surface area (Å²) in [6.07, 6.45) is 4.03. The number of rotatable bonds is 20. The van der Waals surface area contributed by atoms with E-state index in [1.807, 2.05) is 48.5 Å². The van der Waals surface area contributed by atoms with Gasteiger partial charge in [0.1, 0.15) is 24.4 Å². The van der Waals surface area contributed by atoms with Gasteiger partial charge in [-0.15, -0.1) is 0 Å². The summed E-state index contributed by atoms with van der Waals surface area (Å²) < 4.78 is 11.1. The Bertz CT molecular complexity index is 2070. The fourth-order valence-corrected chi connectivity index (χ4v) is 7.61.